The standard InChI is InChI=1S/C19H34N4O2/c1-3-20-19(22-14-17-23-15-10-11-16-23)21-13-9-7-5-6-8-12-18(24)25-4-2/h10-11,15-16H,3-9,12-14,17H2,1-2H3,(H2,20,21,22). The largest absolute Gasteiger partial charge is 0.466 e. The van der Waals surface area contributed by atoms with E-state index < -0.39 is 0 Å². The second kappa shape index (κ2) is 14.4. The Hall–Kier alpha value is -1.98. The molecule has 1 aromatic rings. The van der Waals surface area contributed by atoms with E-state index >= 15 is 0 Å². The van der Waals surface area contributed by atoms with Crippen LogP contribution in [0.3, 0.4) is 0 Å². The van der Waals surface area contributed by atoms with Gasteiger partial charge >= 0.3 is 5.97 Å². The van der Waals surface area contributed by atoms with Crippen LogP contribution in [0.15, 0.2) is 29.5 Å². The number of rotatable bonds is 13. The van der Waals surface area contributed by atoms with Crippen LogP contribution in [0.25, 0.3) is 0 Å². The fourth-order valence-electron chi connectivity index (χ4n) is 2.50. The number of hydrogen-bond acceptors (Lipinski definition) is 3. The Bertz CT molecular complexity index is 472. The zero-order chi connectivity index (χ0) is 18.2. The molecular weight excluding hydrogens is 316 g/mol. The topological polar surface area (TPSA) is 67.7 Å². The molecule has 0 aromatic carbocycles. The maximum absolute atomic E-state index is 11.2. The molecule has 0 unspecified atom stereocenters. The summed E-state index contributed by atoms with van der Waals surface area (Å²) in [6, 6.07) is 4.07. The number of esters is 1. The number of hydrogen-bond donors (Lipinski definition) is 2. The van der Waals surface area contributed by atoms with Gasteiger partial charge in [-0.2, -0.15) is 0 Å². The summed E-state index contributed by atoms with van der Waals surface area (Å²) in [5, 5.41) is 6.64. The van der Waals surface area contributed by atoms with Crippen LogP contribution in [0.2, 0.25) is 0 Å². The summed E-state index contributed by atoms with van der Waals surface area (Å²) in [7, 11) is 0. The van der Waals surface area contributed by atoms with Gasteiger partial charge in [-0.1, -0.05) is 19.3 Å². The van der Waals surface area contributed by atoms with Crippen LogP contribution in [0.5, 0.6) is 0 Å². The molecule has 0 aliphatic heterocycles. The van der Waals surface area contributed by atoms with Crippen molar-refractivity contribution < 1.29 is 9.53 Å². The highest BCUT2D eigenvalue weighted by atomic mass is 16.5. The molecule has 0 fully saturated rings. The van der Waals surface area contributed by atoms with E-state index in [9.17, 15) is 4.79 Å². The molecule has 2 N–H and O–H groups in total. The van der Waals surface area contributed by atoms with Gasteiger partial charge in [0.15, 0.2) is 5.96 Å². The Morgan fingerprint density at radius 2 is 1.76 bits per heavy atom. The molecule has 1 aromatic heterocycles. The monoisotopic (exact) mass is 350 g/mol. The molecular formula is C19H34N4O2. The zero-order valence-electron chi connectivity index (χ0n) is 15.8. The fraction of sp³-hybridized carbons (Fsp3) is 0.684. The van der Waals surface area contributed by atoms with Gasteiger partial charge in [-0.25, -0.2) is 0 Å². The van der Waals surface area contributed by atoms with E-state index in [1.807, 2.05) is 19.1 Å². The summed E-state index contributed by atoms with van der Waals surface area (Å²) in [4.78, 5) is 15.8. The second-order valence-electron chi connectivity index (χ2n) is 5.93. The van der Waals surface area contributed by atoms with Crippen molar-refractivity contribution in [2.75, 3.05) is 26.2 Å². The van der Waals surface area contributed by atoms with Gasteiger partial charge in [-0.15, -0.1) is 0 Å². The van der Waals surface area contributed by atoms with Gasteiger partial charge in [0.25, 0.3) is 0 Å². The van der Waals surface area contributed by atoms with Crippen molar-refractivity contribution in [1.82, 2.24) is 15.2 Å². The molecule has 0 atom stereocenters. The molecule has 0 bridgehead atoms. The highest BCUT2D eigenvalue weighted by Crippen LogP contribution is 2.06. The first-order valence-corrected chi connectivity index (χ1v) is 9.54. The van der Waals surface area contributed by atoms with E-state index in [1.165, 1.54) is 0 Å². The Balaban J connectivity index is 2.06. The maximum atomic E-state index is 11.2. The van der Waals surface area contributed by atoms with Crippen LogP contribution in [-0.4, -0.2) is 42.7 Å². The van der Waals surface area contributed by atoms with Crippen molar-refractivity contribution in [1.29, 1.82) is 0 Å². The smallest absolute Gasteiger partial charge is 0.305 e. The Kier molecular flexibility index (Phi) is 12.1. The normalized spacial score (nSPS) is 11.4. The number of aromatic nitrogens is 1. The van der Waals surface area contributed by atoms with Crippen LogP contribution in [-0.2, 0) is 16.1 Å². The number of unbranched alkanes of at least 4 members (excludes halogenated alkanes) is 4. The number of carbonyl (C=O) groups excluding carboxylic acids is 1. The molecule has 0 spiro atoms. The van der Waals surface area contributed by atoms with E-state index in [0.717, 1.165) is 64.2 Å². The van der Waals surface area contributed by atoms with E-state index in [2.05, 4.69) is 39.5 Å². The van der Waals surface area contributed by atoms with E-state index in [0.29, 0.717) is 13.0 Å². The molecule has 1 heterocycles. The first-order valence-electron chi connectivity index (χ1n) is 9.54. The molecule has 0 aliphatic rings. The first kappa shape index (κ1) is 21.1. The number of ether oxygens (including phenoxy) is 1. The van der Waals surface area contributed by atoms with Crippen molar-refractivity contribution in [3.8, 4) is 0 Å². The van der Waals surface area contributed by atoms with Crippen LogP contribution < -0.4 is 10.6 Å². The fourth-order valence-corrected chi connectivity index (χ4v) is 2.50. The molecule has 1 rings (SSSR count). The SMILES string of the molecule is CCNC(=NCCCCCCCC(=O)OCC)NCCn1cccc1. The van der Waals surface area contributed by atoms with Crippen LogP contribution in [0.4, 0.5) is 0 Å². The summed E-state index contributed by atoms with van der Waals surface area (Å²) in [6.07, 6.45) is 10.0. The van der Waals surface area contributed by atoms with Crippen LogP contribution in [0.1, 0.15) is 52.4 Å². The van der Waals surface area contributed by atoms with Gasteiger partial charge in [-0.3, -0.25) is 9.79 Å². The first-order chi connectivity index (χ1) is 12.3. The van der Waals surface area contributed by atoms with Gasteiger partial charge in [0.1, 0.15) is 0 Å². The summed E-state index contributed by atoms with van der Waals surface area (Å²) < 4.78 is 7.07. The molecule has 6 heteroatoms. The van der Waals surface area contributed by atoms with Gasteiger partial charge in [0.2, 0.25) is 0 Å². The molecule has 0 amide bonds. The predicted molar refractivity (Wildman–Crippen MR) is 103 cm³/mol. The summed E-state index contributed by atoms with van der Waals surface area (Å²) >= 11 is 0. The molecule has 142 valence electrons. The predicted octanol–water partition coefficient (Wildman–Crippen LogP) is 2.95. The third-order valence-electron chi connectivity index (χ3n) is 3.79. The molecule has 6 nitrogen and oxygen atoms in total. The van der Waals surface area contributed by atoms with Crippen molar-refractivity contribution in [2.24, 2.45) is 4.99 Å². The number of nitrogens with zero attached hydrogens (tertiary/aromatic N) is 2. The molecule has 0 radical (unpaired) electrons. The van der Waals surface area contributed by atoms with Crippen molar-refractivity contribution >= 4 is 11.9 Å². The Morgan fingerprint density at radius 3 is 2.48 bits per heavy atom. The lowest BCUT2D eigenvalue weighted by Gasteiger charge is -2.11. The van der Waals surface area contributed by atoms with Gasteiger partial charge in [0.05, 0.1) is 6.61 Å². The third-order valence-corrected chi connectivity index (χ3v) is 3.79. The van der Waals surface area contributed by atoms with E-state index in [1.54, 1.807) is 0 Å². The summed E-state index contributed by atoms with van der Waals surface area (Å²) in [5.41, 5.74) is 0. The Morgan fingerprint density at radius 1 is 1.04 bits per heavy atom. The highest BCUT2D eigenvalue weighted by Gasteiger charge is 2.01. The lowest BCUT2D eigenvalue weighted by Crippen LogP contribution is -2.38. The van der Waals surface area contributed by atoms with E-state index in [-0.39, 0.29) is 5.97 Å². The molecule has 25 heavy (non-hydrogen) atoms. The maximum Gasteiger partial charge on any atom is 0.305 e. The quantitative estimate of drug-likeness (QED) is 0.248. The van der Waals surface area contributed by atoms with Crippen LogP contribution in [0, 0.1) is 0 Å². The van der Waals surface area contributed by atoms with Crippen molar-refractivity contribution in [3.63, 3.8) is 0 Å². The lowest BCUT2D eigenvalue weighted by atomic mass is 10.1. The average Bonchev–Trinajstić information content (AvgIpc) is 3.11. The van der Waals surface area contributed by atoms with Crippen LogP contribution >= 0.6 is 0 Å². The van der Waals surface area contributed by atoms with Crippen molar-refractivity contribution in [2.45, 2.75) is 58.9 Å². The van der Waals surface area contributed by atoms with E-state index in [4.69, 9.17) is 4.74 Å². The third kappa shape index (κ3) is 11.2. The average molecular weight is 351 g/mol. The van der Waals surface area contributed by atoms with Crippen molar-refractivity contribution in [3.05, 3.63) is 24.5 Å². The molecule has 0 saturated heterocycles. The highest BCUT2D eigenvalue weighted by molar-refractivity contribution is 5.79. The minimum absolute atomic E-state index is 0.0756. The number of guanidine groups is 1. The van der Waals surface area contributed by atoms with Gasteiger partial charge < -0.3 is 19.9 Å². The molecule has 0 saturated carbocycles. The zero-order valence-corrected chi connectivity index (χ0v) is 15.8. The minimum Gasteiger partial charge on any atom is -0.466 e. The van der Waals surface area contributed by atoms with Gasteiger partial charge in [-0.05, 0) is 38.8 Å². The minimum atomic E-state index is -0.0756. The summed E-state index contributed by atoms with van der Waals surface area (Å²) in [6.45, 7) is 7.87. The molecule has 0 aliphatic carbocycles. The summed E-state index contributed by atoms with van der Waals surface area (Å²) in [5.74, 6) is 0.810. The lowest BCUT2D eigenvalue weighted by molar-refractivity contribution is -0.143. The number of carbonyl (C=O) groups is 1. The number of aliphatic imine (C=N–C) groups is 1. The second-order valence-corrected chi connectivity index (χ2v) is 5.93. The van der Waals surface area contributed by atoms with Gasteiger partial charge in [0, 0.05) is 45.0 Å². The Labute approximate surface area is 152 Å². The number of nitrogens with one attached hydrogen (secondary N) is 2.